The van der Waals surface area contributed by atoms with Gasteiger partial charge >= 0.3 is 31.1 Å². The minimum atomic E-state index is -6.60. The molecule has 0 fully saturated rings. The van der Waals surface area contributed by atoms with Gasteiger partial charge in [0.05, 0.1) is 0 Å². The summed E-state index contributed by atoms with van der Waals surface area (Å²) in [6.07, 6.45) is 11.1. The first-order valence-electron chi connectivity index (χ1n) is 6.62. The second kappa shape index (κ2) is 8.89. The van der Waals surface area contributed by atoms with Crippen LogP contribution < -0.4 is 4.13 Å². The summed E-state index contributed by atoms with van der Waals surface area (Å²) in [5.74, 6) is 0. The van der Waals surface area contributed by atoms with Crippen molar-refractivity contribution >= 4 is 20.0 Å². The smallest absolute Gasteiger partial charge is 0.374 e. The Morgan fingerprint density at radius 2 is 1.44 bits per heavy atom. The normalized spacial score (nSPS) is 15.7. The summed E-state index contributed by atoms with van der Waals surface area (Å²) in [5, 5.41) is 0. The van der Waals surface area contributed by atoms with Crippen LogP contribution in [0.2, 0.25) is 0 Å². The van der Waals surface area contributed by atoms with E-state index in [1.165, 1.54) is 19.4 Å². The lowest BCUT2D eigenvalue weighted by molar-refractivity contribution is -0.0476. The SMILES string of the molecule is CCCCN1C=CC=CC1.O=S(=O)(NS(=O)(=O)C(F)(F)F)C(F)(F)F. The Labute approximate surface area is 141 Å². The van der Waals surface area contributed by atoms with Crippen molar-refractivity contribution in [1.82, 2.24) is 9.03 Å². The van der Waals surface area contributed by atoms with E-state index in [1.807, 2.05) is 0 Å². The maximum atomic E-state index is 11.5. The van der Waals surface area contributed by atoms with E-state index >= 15 is 0 Å². The molecule has 25 heavy (non-hydrogen) atoms. The second-order valence-corrected chi connectivity index (χ2v) is 8.21. The Kier molecular flexibility index (Phi) is 8.44. The van der Waals surface area contributed by atoms with Crippen LogP contribution in [0.1, 0.15) is 19.8 Å². The summed E-state index contributed by atoms with van der Waals surface area (Å²) in [6, 6.07) is 0. The molecular formula is C11H16F6N2O4S2. The van der Waals surface area contributed by atoms with Crippen molar-refractivity contribution in [2.75, 3.05) is 13.1 Å². The maximum absolute atomic E-state index is 11.5. The molecule has 0 bridgehead atoms. The number of hydrogen-bond donors (Lipinski definition) is 1. The Balaban J connectivity index is 0.000000496. The molecule has 6 nitrogen and oxygen atoms in total. The van der Waals surface area contributed by atoms with E-state index in [-0.39, 0.29) is 0 Å². The molecule has 0 unspecified atom stereocenters. The molecule has 1 N–H and O–H groups in total. The summed E-state index contributed by atoms with van der Waals surface area (Å²) in [5.41, 5.74) is -12.3. The number of unbranched alkanes of at least 4 members (excludes halogenated alkanes) is 1. The highest BCUT2D eigenvalue weighted by molar-refractivity contribution is 8.05. The highest BCUT2D eigenvalue weighted by atomic mass is 32.3. The van der Waals surface area contributed by atoms with Gasteiger partial charge in [0.1, 0.15) is 0 Å². The summed E-state index contributed by atoms with van der Waals surface area (Å²) >= 11 is 0. The van der Waals surface area contributed by atoms with Crippen LogP contribution in [0.5, 0.6) is 0 Å². The van der Waals surface area contributed by atoms with Crippen LogP contribution in [0, 0.1) is 0 Å². The number of rotatable bonds is 5. The van der Waals surface area contributed by atoms with E-state index in [0.717, 1.165) is 6.54 Å². The highest BCUT2D eigenvalue weighted by Crippen LogP contribution is 2.27. The molecule has 1 rings (SSSR count). The molecule has 1 aliphatic rings. The van der Waals surface area contributed by atoms with Crippen molar-refractivity contribution in [2.24, 2.45) is 0 Å². The van der Waals surface area contributed by atoms with Crippen molar-refractivity contribution < 1.29 is 43.2 Å². The Bertz CT molecular complexity index is 638. The standard InChI is InChI=1S/C9H15N.C2HF6NO4S2/c1-2-3-7-10-8-5-4-6-9-10;3-1(4,5)14(10,11)9-15(12,13)2(6,7)8/h4-6,8H,2-3,7,9H2,1H3;9H. The third-order valence-electron chi connectivity index (χ3n) is 2.51. The molecule has 0 radical (unpaired) electrons. The average Bonchev–Trinajstić information content (AvgIpc) is 2.43. The minimum Gasteiger partial charge on any atom is -0.374 e. The number of allylic oxidation sites excluding steroid dienone is 2. The topological polar surface area (TPSA) is 83.6 Å². The Morgan fingerprint density at radius 1 is 0.960 bits per heavy atom. The van der Waals surface area contributed by atoms with Crippen LogP contribution in [0.3, 0.4) is 0 Å². The maximum Gasteiger partial charge on any atom is 0.512 e. The molecule has 1 heterocycles. The van der Waals surface area contributed by atoms with Gasteiger partial charge in [-0.1, -0.05) is 29.6 Å². The largest absolute Gasteiger partial charge is 0.512 e. The fourth-order valence-electron chi connectivity index (χ4n) is 1.27. The van der Waals surface area contributed by atoms with Gasteiger partial charge in [0.15, 0.2) is 0 Å². The van der Waals surface area contributed by atoms with Gasteiger partial charge in [-0.05, 0) is 18.7 Å². The number of sulfonamides is 2. The highest BCUT2D eigenvalue weighted by Gasteiger charge is 2.55. The zero-order valence-electron chi connectivity index (χ0n) is 12.8. The fraction of sp³-hybridized carbons (Fsp3) is 0.636. The van der Waals surface area contributed by atoms with Gasteiger partial charge < -0.3 is 4.90 Å². The van der Waals surface area contributed by atoms with Crippen molar-refractivity contribution in [1.29, 1.82) is 0 Å². The molecule has 0 aromatic heterocycles. The molecule has 148 valence electrons. The van der Waals surface area contributed by atoms with Crippen LogP contribution in [0.25, 0.3) is 0 Å². The lowest BCUT2D eigenvalue weighted by Gasteiger charge is -2.19. The van der Waals surface area contributed by atoms with Gasteiger partial charge in [-0.3, -0.25) is 0 Å². The third kappa shape index (κ3) is 8.09. The number of alkyl halides is 6. The van der Waals surface area contributed by atoms with E-state index in [9.17, 15) is 43.2 Å². The predicted molar refractivity (Wildman–Crippen MR) is 77.8 cm³/mol. The molecule has 0 saturated heterocycles. The quantitative estimate of drug-likeness (QED) is 0.694. The Hall–Kier alpha value is -1.28. The molecule has 0 spiro atoms. The lowest BCUT2D eigenvalue weighted by atomic mass is 10.3. The fourth-order valence-corrected chi connectivity index (χ4v) is 3.18. The van der Waals surface area contributed by atoms with Crippen LogP contribution in [0.15, 0.2) is 24.4 Å². The summed E-state index contributed by atoms with van der Waals surface area (Å²) in [4.78, 5) is 2.34. The molecule has 0 atom stereocenters. The van der Waals surface area contributed by atoms with Crippen LogP contribution in [0.4, 0.5) is 26.3 Å². The van der Waals surface area contributed by atoms with Crippen LogP contribution in [-0.2, 0) is 20.0 Å². The summed E-state index contributed by atoms with van der Waals surface area (Å²) in [6.45, 7) is 4.53. The minimum absolute atomic E-state index is 0.493. The van der Waals surface area contributed by atoms with Gasteiger partial charge in [0.25, 0.3) is 0 Å². The zero-order chi connectivity index (χ0) is 19.9. The predicted octanol–water partition coefficient (Wildman–Crippen LogP) is 2.45. The van der Waals surface area contributed by atoms with Gasteiger partial charge in [-0.2, -0.15) is 26.3 Å². The average molecular weight is 418 g/mol. The second-order valence-electron chi connectivity index (χ2n) is 4.60. The van der Waals surface area contributed by atoms with E-state index in [2.05, 4.69) is 36.3 Å². The monoisotopic (exact) mass is 418 g/mol. The first-order chi connectivity index (χ1) is 11.1. The molecule has 0 saturated carbocycles. The van der Waals surface area contributed by atoms with Crippen molar-refractivity contribution in [3.63, 3.8) is 0 Å². The molecule has 14 heteroatoms. The van der Waals surface area contributed by atoms with E-state index in [0.29, 0.717) is 0 Å². The van der Waals surface area contributed by atoms with Crippen LogP contribution in [-0.4, -0.2) is 45.8 Å². The Morgan fingerprint density at radius 3 is 1.76 bits per heavy atom. The summed E-state index contributed by atoms with van der Waals surface area (Å²) in [7, 11) is -13.2. The first kappa shape index (κ1) is 23.7. The van der Waals surface area contributed by atoms with Crippen molar-refractivity contribution in [3.8, 4) is 0 Å². The number of hydrogen-bond acceptors (Lipinski definition) is 5. The molecular weight excluding hydrogens is 402 g/mol. The molecule has 0 aliphatic carbocycles. The van der Waals surface area contributed by atoms with Crippen LogP contribution >= 0.6 is 0 Å². The zero-order valence-corrected chi connectivity index (χ0v) is 14.4. The molecule has 1 aliphatic heterocycles. The molecule has 0 aromatic carbocycles. The number of halogens is 6. The van der Waals surface area contributed by atoms with Gasteiger partial charge in [0, 0.05) is 13.1 Å². The van der Waals surface area contributed by atoms with Crippen molar-refractivity contribution in [2.45, 2.75) is 30.8 Å². The van der Waals surface area contributed by atoms with E-state index < -0.39 is 35.2 Å². The lowest BCUT2D eigenvalue weighted by Crippen LogP contribution is -2.45. The third-order valence-corrected chi connectivity index (χ3v) is 5.49. The van der Waals surface area contributed by atoms with Gasteiger partial charge in [-0.25, -0.2) is 16.8 Å². The van der Waals surface area contributed by atoms with E-state index in [1.54, 1.807) is 0 Å². The molecule has 0 amide bonds. The van der Waals surface area contributed by atoms with Gasteiger partial charge in [-0.15, -0.1) is 0 Å². The van der Waals surface area contributed by atoms with Gasteiger partial charge in [0.2, 0.25) is 0 Å². The van der Waals surface area contributed by atoms with Crippen molar-refractivity contribution in [3.05, 3.63) is 24.4 Å². The first-order valence-corrected chi connectivity index (χ1v) is 9.59. The summed E-state index contributed by atoms with van der Waals surface area (Å²) < 4.78 is 108. The number of nitrogens with zero attached hydrogens (tertiary/aromatic N) is 1. The molecule has 0 aromatic rings. The van der Waals surface area contributed by atoms with E-state index in [4.69, 9.17) is 0 Å². The number of nitrogens with one attached hydrogen (secondary N) is 1.